The third-order valence-corrected chi connectivity index (χ3v) is 8.95. The summed E-state index contributed by atoms with van der Waals surface area (Å²) in [6.45, 7) is 4.74. The highest BCUT2D eigenvalue weighted by Gasteiger charge is 2.31. The summed E-state index contributed by atoms with van der Waals surface area (Å²) in [5, 5.41) is 10.1. The zero-order valence-electron chi connectivity index (χ0n) is 26.0. The molecule has 1 saturated heterocycles. The molecule has 1 saturated carbocycles. The number of hydrogen-bond donors (Lipinski definition) is 2. The van der Waals surface area contributed by atoms with Crippen molar-refractivity contribution in [2.24, 2.45) is 13.0 Å². The van der Waals surface area contributed by atoms with Crippen LogP contribution in [0.5, 0.6) is 0 Å². The molecular weight excluding hydrogens is 544 g/mol. The lowest BCUT2D eigenvalue weighted by Crippen LogP contribution is -2.54. The fourth-order valence-electron chi connectivity index (χ4n) is 6.16. The Morgan fingerprint density at radius 2 is 1.53 bits per heavy atom. The minimum absolute atomic E-state index is 0.0395. The number of ketones is 1. The number of likely N-dealkylation sites (N-methyl/N-ethyl adjacent to an activating group) is 1. The van der Waals surface area contributed by atoms with Gasteiger partial charge in [-0.15, -0.1) is 0 Å². The van der Waals surface area contributed by atoms with Crippen LogP contribution in [0, 0.1) is 5.92 Å². The number of Topliss-reactive ketones (excluding diaryl/α,β-unsaturated/α-hetero) is 1. The zero-order chi connectivity index (χ0) is 30.8. The smallest absolute Gasteiger partial charge is 0.270 e. The lowest BCUT2D eigenvalue weighted by molar-refractivity contribution is -0.137. The van der Waals surface area contributed by atoms with Gasteiger partial charge in [0.15, 0.2) is 5.78 Å². The van der Waals surface area contributed by atoms with Gasteiger partial charge in [-0.25, -0.2) is 0 Å². The van der Waals surface area contributed by atoms with E-state index in [-0.39, 0.29) is 29.4 Å². The van der Waals surface area contributed by atoms with Gasteiger partial charge in [-0.05, 0) is 49.4 Å². The first-order chi connectivity index (χ1) is 20.7. The summed E-state index contributed by atoms with van der Waals surface area (Å²) < 4.78 is 1.53. The molecule has 1 aromatic carbocycles. The van der Waals surface area contributed by atoms with Crippen LogP contribution < -0.4 is 10.6 Å². The van der Waals surface area contributed by atoms with Crippen LogP contribution in [0.25, 0.3) is 0 Å². The van der Waals surface area contributed by atoms with Gasteiger partial charge >= 0.3 is 0 Å². The minimum atomic E-state index is -0.605. The normalized spacial score (nSPS) is 18.0. The maximum absolute atomic E-state index is 13.6. The van der Waals surface area contributed by atoms with E-state index in [1.165, 1.54) is 17.5 Å². The second-order valence-electron chi connectivity index (χ2n) is 12.1. The molecule has 10 heteroatoms. The van der Waals surface area contributed by atoms with Crippen LogP contribution in [0.15, 0.2) is 36.5 Å². The molecule has 234 valence electrons. The molecule has 2 aliphatic rings. The summed E-state index contributed by atoms with van der Waals surface area (Å²) >= 11 is 0. The largest absolute Gasteiger partial charge is 0.344 e. The first kappa shape index (κ1) is 32.4. The van der Waals surface area contributed by atoms with Gasteiger partial charge in [0, 0.05) is 58.7 Å². The first-order valence-corrected chi connectivity index (χ1v) is 15.9. The molecular formula is C33H48N6O4. The quantitative estimate of drug-likeness (QED) is 0.366. The van der Waals surface area contributed by atoms with Crippen LogP contribution >= 0.6 is 0 Å². The van der Waals surface area contributed by atoms with Crippen LogP contribution in [0.3, 0.4) is 0 Å². The summed E-state index contributed by atoms with van der Waals surface area (Å²) in [6, 6.07) is 8.51. The zero-order valence-corrected chi connectivity index (χ0v) is 26.0. The van der Waals surface area contributed by atoms with E-state index in [1.807, 2.05) is 36.2 Å². The Morgan fingerprint density at radius 3 is 2.14 bits per heavy atom. The lowest BCUT2D eigenvalue weighted by Gasteiger charge is -2.34. The Bertz CT molecular complexity index is 1230. The number of nitrogens with zero attached hydrogens (tertiary/aromatic N) is 4. The van der Waals surface area contributed by atoms with E-state index in [0.29, 0.717) is 44.5 Å². The molecule has 2 N–H and O–H groups in total. The number of carbonyl (C=O) groups excluding carboxylic acids is 4. The predicted octanol–water partition coefficient (Wildman–Crippen LogP) is 2.90. The van der Waals surface area contributed by atoms with Crippen molar-refractivity contribution in [3.05, 3.63) is 53.3 Å². The Hall–Kier alpha value is -3.53. The summed E-state index contributed by atoms with van der Waals surface area (Å²) in [5.74, 6) is -0.235. The van der Waals surface area contributed by atoms with E-state index < -0.39 is 12.1 Å². The summed E-state index contributed by atoms with van der Waals surface area (Å²) in [4.78, 5) is 56.2. The van der Waals surface area contributed by atoms with E-state index in [0.717, 1.165) is 49.9 Å². The Labute approximate surface area is 255 Å². The number of benzene rings is 1. The van der Waals surface area contributed by atoms with Gasteiger partial charge in [0.25, 0.3) is 5.91 Å². The molecule has 2 fully saturated rings. The lowest BCUT2D eigenvalue weighted by atomic mass is 9.87. The average molecular weight is 593 g/mol. The van der Waals surface area contributed by atoms with Crippen molar-refractivity contribution in [2.45, 2.75) is 83.2 Å². The number of piperazine rings is 1. The standard InChI is InChI=1S/C33H48N6O4/c1-4-30(41)35-27(33(43)39-21-19-37(2)20-22-39)23-25-13-11-24(12-14-25)15-16-29(40)31(26-9-7-5-6-8-10-26)36-32(42)28-17-18-34-38(28)3/h11-14,17-18,26-27,31H,4-10,15-16,19-23H2,1-3H3,(H,35,41)(H,36,42)/t27-,31+/m1/s1. The highest BCUT2D eigenvalue weighted by atomic mass is 16.2. The molecule has 0 bridgehead atoms. The maximum Gasteiger partial charge on any atom is 0.270 e. The van der Waals surface area contributed by atoms with Crippen molar-refractivity contribution in [2.75, 3.05) is 33.2 Å². The number of nitrogens with one attached hydrogen (secondary N) is 2. The molecule has 4 rings (SSSR count). The highest BCUT2D eigenvalue weighted by molar-refractivity contribution is 5.97. The number of carbonyl (C=O) groups is 4. The van der Waals surface area contributed by atoms with Crippen molar-refractivity contribution < 1.29 is 19.2 Å². The summed E-state index contributed by atoms with van der Waals surface area (Å²) in [5.41, 5.74) is 2.43. The minimum Gasteiger partial charge on any atom is -0.344 e. The molecule has 1 aromatic heterocycles. The van der Waals surface area contributed by atoms with Crippen molar-refractivity contribution in [1.29, 1.82) is 0 Å². The molecule has 2 atom stereocenters. The third-order valence-electron chi connectivity index (χ3n) is 8.95. The number of rotatable bonds is 12. The van der Waals surface area contributed by atoms with Gasteiger partial charge in [-0.3, -0.25) is 23.9 Å². The van der Waals surface area contributed by atoms with E-state index in [1.54, 1.807) is 26.2 Å². The fourth-order valence-corrected chi connectivity index (χ4v) is 6.16. The van der Waals surface area contributed by atoms with Crippen molar-refractivity contribution >= 4 is 23.5 Å². The van der Waals surface area contributed by atoms with Gasteiger partial charge in [0.1, 0.15) is 11.7 Å². The number of aromatic nitrogens is 2. The van der Waals surface area contributed by atoms with Gasteiger partial charge < -0.3 is 20.4 Å². The van der Waals surface area contributed by atoms with E-state index in [4.69, 9.17) is 0 Å². The second kappa shape index (κ2) is 15.8. The van der Waals surface area contributed by atoms with Crippen molar-refractivity contribution in [3.8, 4) is 0 Å². The monoisotopic (exact) mass is 592 g/mol. The van der Waals surface area contributed by atoms with Crippen LogP contribution in [0.2, 0.25) is 0 Å². The van der Waals surface area contributed by atoms with E-state index in [2.05, 4.69) is 20.6 Å². The molecule has 2 aromatic rings. The molecule has 0 spiro atoms. The molecule has 0 radical (unpaired) electrons. The molecule has 1 aliphatic heterocycles. The van der Waals surface area contributed by atoms with E-state index >= 15 is 0 Å². The van der Waals surface area contributed by atoms with Crippen LogP contribution in [-0.2, 0) is 34.3 Å². The SMILES string of the molecule is CCC(=O)N[C@H](Cc1ccc(CCC(=O)[C@@H](NC(=O)c2ccnn2C)C2CCCCCC2)cc1)C(=O)N1CCN(C)CC1. The average Bonchev–Trinajstić information content (AvgIpc) is 3.27. The number of amides is 3. The van der Waals surface area contributed by atoms with Crippen molar-refractivity contribution in [1.82, 2.24) is 30.2 Å². The van der Waals surface area contributed by atoms with Crippen LogP contribution in [0.1, 0.15) is 79.9 Å². The van der Waals surface area contributed by atoms with Gasteiger partial charge in [-0.2, -0.15) is 5.10 Å². The van der Waals surface area contributed by atoms with E-state index in [9.17, 15) is 19.2 Å². The summed E-state index contributed by atoms with van der Waals surface area (Å²) in [7, 11) is 3.77. The number of aryl methyl sites for hydroxylation is 2. The van der Waals surface area contributed by atoms with Crippen LogP contribution in [-0.4, -0.2) is 88.4 Å². The predicted molar refractivity (Wildman–Crippen MR) is 165 cm³/mol. The van der Waals surface area contributed by atoms with Gasteiger partial charge in [0.2, 0.25) is 11.8 Å². The maximum atomic E-state index is 13.6. The molecule has 10 nitrogen and oxygen atoms in total. The molecule has 43 heavy (non-hydrogen) atoms. The number of hydrogen-bond acceptors (Lipinski definition) is 6. The Morgan fingerprint density at radius 1 is 0.884 bits per heavy atom. The summed E-state index contributed by atoms with van der Waals surface area (Å²) in [6.07, 6.45) is 9.62. The van der Waals surface area contributed by atoms with Gasteiger partial charge in [-0.1, -0.05) is 56.9 Å². The van der Waals surface area contributed by atoms with Crippen LogP contribution in [0.4, 0.5) is 0 Å². The van der Waals surface area contributed by atoms with Crippen molar-refractivity contribution in [3.63, 3.8) is 0 Å². The molecule has 0 unspecified atom stereocenters. The Kier molecular flexibility index (Phi) is 11.9. The Balaban J connectivity index is 1.38. The second-order valence-corrected chi connectivity index (χ2v) is 12.1. The van der Waals surface area contributed by atoms with Gasteiger partial charge in [0.05, 0.1) is 6.04 Å². The third kappa shape index (κ3) is 9.23. The first-order valence-electron chi connectivity index (χ1n) is 15.9. The fraction of sp³-hybridized carbons (Fsp3) is 0.606. The molecule has 3 amide bonds. The topological polar surface area (TPSA) is 117 Å². The highest BCUT2D eigenvalue weighted by Crippen LogP contribution is 2.27. The molecule has 2 heterocycles. The molecule has 1 aliphatic carbocycles.